The van der Waals surface area contributed by atoms with Crippen LogP contribution in [0.4, 0.5) is 0 Å². The van der Waals surface area contributed by atoms with E-state index in [1.807, 2.05) is 48.8 Å². The van der Waals surface area contributed by atoms with Gasteiger partial charge in [-0.05, 0) is 73.2 Å². The Bertz CT molecular complexity index is 948. The maximum absolute atomic E-state index is 12.5. The van der Waals surface area contributed by atoms with Gasteiger partial charge in [-0.2, -0.15) is 0 Å². The van der Waals surface area contributed by atoms with Crippen molar-refractivity contribution in [1.82, 2.24) is 9.97 Å². The fourth-order valence-corrected chi connectivity index (χ4v) is 3.61. The van der Waals surface area contributed by atoms with E-state index >= 15 is 0 Å². The fourth-order valence-electron chi connectivity index (χ4n) is 3.61. The van der Waals surface area contributed by atoms with Crippen LogP contribution in [-0.2, 0) is 12.8 Å². The van der Waals surface area contributed by atoms with Crippen LogP contribution in [-0.4, -0.2) is 15.9 Å². The molecule has 32 heavy (non-hydrogen) atoms. The fraction of sp³-hybridized carbons (Fsp3) is 0.393. The Morgan fingerprint density at radius 1 is 0.719 bits per heavy atom. The van der Waals surface area contributed by atoms with Crippen molar-refractivity contribution < 1.29 is 9.53 Å². The van der Waals surface area contributed by atoms with E-state index in [0.29, 0.717) is 17.1 Å². The number of nitrogens with zero attached hydrogens (tertiary/aromatic N) is 2. The van der Waals surface area contributed by atoms with Crippen LogP contribution in [0.3, 0.4) is 0 Å². The van der Waals surface area contributed by atoms with Gasteiger partial charge in [-0.15, -0.1) is 0 Å². The van der Waals surface area contributed by atoms with Gasteiger partial charge in [0.2, 0.25) is 0 Å². The minimum absolute atomic E-state index is 0.344. The Labute approximate surface area is 192 Å². The second-order valence-corrected chi connectivity index (χ2v) is 8.29. The lowest BCUT2D eigenvalue weighted by Gasteiger charge is -2.07. The average Bonchev–Trinajstić information content (AvgIpc) is 2.83. The van der Waals surface area contributed by atoms with Gasteiger partial charge in [0.25, 0.3) is 0 Å². The van der Waals surface area contributed by atoms with Crippen molar-refractivity contribution in [3.05, 3.63) is 77.6 Å². The third-order valence-corrected chi connectivity index (χ3v) is 5.61. The highest BCUT2D eigenvalue weighted by atomic mass is 16.5. The number of carbonyl (C=O) groups excluding carboxylic acids is 1. The second-order valence-electron chi connectivity index (χ2n) is 8.29. The minimum atomic E-state index is -0.344. The van der Waals surface area contributed by atoms with Crippen LogP contribution in [0.15, 0.2) is 60.9 Å². The summed E-state index contributed by atoms with van der Waals surface area (Å²) in [5.74, 6) is 0.846. The van der Waals surface area contributed by atoms with Crippen molar-refractivity contribution in [3.63, 3.8) is 0 Å². The van der Waals surface area contributed by atoms with Crippen LogP contribution in [0.25, 0.3) is 11.4 Å². The van der Waals surface area contributed by atoms with Gasteiger partial charge in [-0.3, -0.25) is 0 Å². The van der Waals surface area contributed by atoms with E-state index in [1.165, 1.54) is 56.1 Å². The first-order chi connectivity index (χ1) is 15.7. The number of benzene rings is 2. The number of aryl methyl sites for hydroxylation is 2. The smallest absolute Gasteiger partial charge is 0.343 e. The molecule has 168 valence electrons. The summed E-state index contributed by atoms with van der Waals surface area (Å²) < 4.78 is 5.54. The maximum atomic E-state index is 12.5. The summed E-state index contributed by atoms with van der Waals surface area (Å²) in [5, 5.41) is 0. The first kappa shape index (κ1) is 23.6. The summed E-state index contributed by atoms with van der Waals surface area (Å²) in [6.45, 7) is 4.42. The first-order valence-corrected chi connectivity index (χ1v) is 11.9. The minimum Gasteiger partial charge on any atom is -0.423 e. The molecule has 1 aromatic heterocycles. The third-order valence-electron chi connectivity index (χ3n) is 5.61. The molecule has 0 atom stereocenters. The summed E-state index contributed by atoms with van der Waals surface area (Å²) in [6, 6.07) is 15.1. The highest BCUT2D eigenvalue weighted by Crippen LogP contribution is 2.21. The quantitative estimate of drug-likeness (QED) is 0.173. The molecule has 3 aromatic rings. The van der Waals surface area contributed by atoms with E-state index in [1.54, 1.807) is 12.1 Å². The molecule has 4 nitrogen and oxygen atoms in total. The van der Waals surface area contributed by atoms with Crippen LogP contribution in [0, 0.1) is 0 Å². The van der Waals surface area contributed by atoms with Crippen LogP contribution in [0.5, 0.6) is 5.75 Å². The summed E-state index contributed by atoms with van der Waals surface area (Å²) in [6.07, 6.45) is 14.4. The lowest BCUT2D eigenvalue weighted by atomic mass is 10.0. The summed E-state index contributed by atoms with van der Waals surface area (Å²) in [5.41, 5.74) is 3.89. The molecule has 0 aliphatic heterocycles. The van der Waals surface area contributed by atoms with Crippen molar-refractivity contribution in [1.29, 1.82) is 0 Å². The van der Waals surface area contributed by atoms with Gasteiger partial charge in [-0.25, -0.2) is 14.8 Å². The second kappa shape index (κ2) is 12.7. The largest absolute Gasteiger partial charge is 0.423 e. The molecule has 0 saturated heterocycles. The molecule has 4 heteroatoms. The Kier molecular flexibility index (Phi) is 9.42. The number of hydrogen-bond donors (Lipinski definition) is 0. The van der Waals surface area contributed by atoms with E-state index < -0.39 is 0 Å². The molecule has 0 N–H and O–H groups in total. The Morgan fingerprint density at radius 2 is 1.31 bits per heavy atom. The van der Waals surface area contributed by atoms with E-state index in [2.05, 4.69) is 23.8 Å². The zero-order chi connectivity index (χ0) is 22.6. The van der Waals surface area contributed by atoms with Gasteiger partial charge >= 0.3 is 5.97 Å². The topological polar surface area (TPSA) is 52.1 Å². The van der Waals surface area contributed by atoms with Gasteiger partial charge in [0.1, 0.15) is 5.75 Å². The van der Waals surface area contributed by atoms with Crippen molar-refractivity contribution in [2.24, 2.45) is 0 Å². The maximum Gasteiger partial charge on any atom is 0.343 e. The Balaban J connectivity index is 1.53. The molecule has 0 fully saturated rings. The number of carbonyl (C=O) groups is 1. The molecular weight excluding hydrogens is 396 g/mol. The average molecular weight is 431 g/mol. The number of rotatable bonds is 12. The number of unbranched alkanes of at least 4 members (excludes halogenated alkanes) is 5. The van der Waals surface area contributed by atoms with Gasteiger partial charge in [0, 0.05) is 18.0 Å². The van der Waals surface area contributed by atoms with Gasteiger partial charge in [-0.1, -0.05) is 58.1 Å². The van der Waals surface area contributed by atoms with Crippen molar-refractivity contribution >= 4 is 5.97 Å². The normalized spacial score (nSPS) is 10.8. The molecule has 0 saturated carbocycles. The SMILES string of the molecule is CCCCCCc1ccc(C(=O)Oc2ccc(-c3ncc(CCCCC)cn3)cc2)cc1. The molecular formula is C28H34N2O2. The third kappa shape index (κ3) is 7.30. The molecule has 0 unspecified atom stereocenters. The summed E-state index contributed by atoms with van der Waals surface area (Å²) >= 11 is 0. The number of aromatic nitrogens is 2. The molecule has 2 aromatic carbocycles. The predicted molar refractivity (Wildman–Crippen MR) is 130 cm³/mol. The number of hydrogen-bond acceptors (Lipinski definition) is 4. The lowest BCUT2D eigenvalue weighted by molar-refractivity contribution is 0.0735. The van der Waals surface area contributed by atoms with Crippen LogP contribution < -0.4 is 4.74 Å². The molecule has 3 rings (SSSR count). The zero-order valence-electron chi connectivity index (χ0n) is 19.3. The summed E-state index contributed by atoms with van der Waals surface area (Å²) in [7, 11) is 0. The monoisotopic (exact) mass is 430 g/mol. The Morgan fingerprint density at radius 3 is 1.97 bits per heavy atom. The van der Waals surface area contributed by atoms with Gasteiger partial charge < -0.3 is 4.74 Å². The van der Waals surface area contributed by atoms with Gasteiger partial charge in [0.15, 0.2) is 5.82 Å². The van der Waals surface area contributed by atoms with E-state index in [-0.39, 0.29) is 5.97 Å². The van der Waals surface area contributed by atoms with Crippen molar-refractivity contribution in [2.75, 3.05) is 0 Å². The highest BCUT2D eigenvalue weighted by molar-refractivity contribution is 5.91. The molecule has 1 heterocycles. The molecule has 0 aliphatic carbocycles. The molecule has 0 radical (unpaired) electrons. The zero-order valence-corrected chi connectivity index (χ0v) is 19.3. The molecule has 0 bridgehead atoms. The molecule has 0 amide bonds. The van der Waals surface area contributed by atoms with Crippen molar-refractivity contribution in [3.8, 4) is 17.1 Å². The summed E-state index contributed by atoms with van der Waals surface area (Å²) in [4.78, 5) is 21.5. The Hall–Kier alpha value is -3.01. The molecule has 0 aliphatic rings. The van der Waals surface area contributed by atoms with Crippen LogP contribution in [0.1, 0.15) is 80.3 Å². The standard InChI is InChI=1S/C28H34N2O2/c1-3-5-7-9-10-22-12-14-25(15-13-22)28(31)32-26-18-16-24(17-19-26)27-29-20-23(21-30-27)11-8-6-4-2/h12-21H,3-11H2,1-2H3. The number of ether oxygens (including phenoxy) is 1. The number of esters is 1. The van der Waals surface area contributed by atoms with Crippen LogP contribution >= 0.6 is 0 Å². The first-order valence-electron chi connectivity index (χ1n) is 11.9. The van der Waals surface area contributed by atoms with E-state index in [4.69, 9.17) is 4.74 Å². The van der Waals surface area contributed by atoms with E-state index in [9.17, 15) is 4.79 Å². The highest BCUT2D eigenvalue weighted by Gasteiger charge is 2.09. The van der Waals surface area contributed by atoms with E-state index in [0.717, 1.165) is 18.4 Å². The lowest BCUT2D eigenvalue weighted by Crippen LogP contribution is -2.08. The van der Waals surface area contributed by atoms with Crippen LogP contribution in [0.2, 0.25) is 0 Å². The van der Waals surface area contributed by atoms with Gasteiger partial charge in [0.05, 0.1) is 5.56 Å². The predicted octanol–water partition coefficient (Wildman–Crippen LogP) is 7.22. The molecule has 0 spiro atoms. The van der Waals surface area contributed by atoms with Crippen molar-refractivity contribution in [2.45, 2.75) is 71.6 Å².